The van der Waals surface area contributed by atoms with E-state index < -0.39 is 20.8 Å². The third-order valence-corrected chi connectivity index (χ3v) is 3.62. The topological polar surface area (TPSA) is 60.4 Å². The first-order chi connectivity index (χ1) is 9.04. The highest BCUT2D eigenvalue weighted by Gasteiger charge is 2.21. The van der Waals surface area contributed by atoms with Gasteiger partial charge in [0.2, 0.25) is 0 Å². The number of carbonyl (C=O) groups is 1. The maximum Gasteiger partial charge on any atom is 0.342 e. The van der Waals surface area contributed by atoms with Crippen LogP contribution in [0.3, 0.4) is 0 Å². The highest BCUT2D eigenvalue weighted by molar-refractivity contribution is 7.87. The Kier molecular flexibility index (Phi) is 3.62. The number of para-hydroxylation sites is 1. The molecule has 98 valence electrons. The van der Waals surface area contributed by atoms with Gasteiger partial charge in [-0.05, 0) is 24.3 Å². The van der Waals surface area contributed by atoms with Crippen molar-refractivity contribution in [1.82, 2.24) is 0 Å². The Balaban J connectivity index is 2.43. The number of carbonyl (C=O) groups excluding carboxylic acids is 1. The lowest BCUT2D eigenvalue weighted by Crippen LogP contribution is -2.12. The minimum atomic E-state index is -4.31. The predicted molar refractivity (Wildman–Crippen MR) is 66.0 cm³/mol. The average Bonchev–Trinajstić information content (AvgIpc) is 2.39. The van der Waals surface area contributed by atoms with Crippen LogP contribution in [0.4, 0.5) is 4.39 Å². The van der Waals surface area contributed by atoms with E-state index in [1.54, 1.807) is 6.07 Å². The van der Waals surface area contributed by atoms with Gasteiger partial charge in [0.1, 0.15) is 10.7 Å². The molecule has 0 unspecified atom stereocenters. The second-order valence-electron chi connectivity index (χ2n) is 3.62. The van der Waals surface area contributed by atoms with Crippen LogP contribution in [-0.2, 0) is 10.1 Å². The molecule has 0 aromatic heterocycles. The molecule has 0 bridgehead atoms. The summed E-state index contributed by atoms with van der Waals surface area (Å²) in [6, 6.07) is 10.7. The zero-order valence-corrected chi connectivity index (χ0v) is 10.4. The molecule has 0 aliphatic heterocycles. The van der Waals surface area contributed by atoms with E-state index in [-0.39, 0.29) is 11.3 Å². The minimum Gasteiger partial charge on any atom is -0.378 e. The van der Waals surface area contributed by atoms with Crippen LogP contribution >= 0.6 is 0 Å². The van der Waals surface area contributed by atoms with E-state index in [4.69, 9.17) is 4.18 Å². The largest absolute Gasteiger partial charge is 0.378 e. The van der Waals surface area contributed by atoms with Gasteiger partial charge in [-0.2, -0.15) is 8.42 Å². The Bertz CT molecular complexity index is 710. The summed E-state index contributed by atoms with van der Waals surface area (Å²) >= 11 is 0. The molecule has 2 rings (SSSR count). The first-order valence-corrected chi connectivity index (χ1v) is 6.68. The van der Waals surface area contributed by atoms with E-state index in [0.717, 1.165) is 12.1 Å². The number of aldehydes is 1. The van der Waals surface area contributed by atoms with Gasteiger partial charge in [0.25, 0.3) is 0 Å². The fourth-order valence-corrected chi connectivity index (χ4v) is 2.49. The van der Waals surface area contributed by atoms with Crippen molar-refractivity contribution in [1.29, 1.82) is 0 Å². The third-order valence-electron chi connectivity index (χ3n) is 2.35. The summed E-state index contributed by atoms with van der Waals surface area (Å²) < 4.78 is 42.1. The van der Waals surface area contributed by atoms with Crippen molar-refractivity contribution in [2.75, 3.05) is 0 Å². The molecule has 0 aliphatic rings. The van der Waals surface area contributed by atoms with Gasteiger partial charge in [-0.25, -0.2) is 4.39 Å². The van der Waals surface area contributed by atoms with Gasteiger partial charge in [-0.1, -0.05) is 24.3 Å². The van der Waals surface area contributed by atoms with Crippen LogP contribution in [-0.4, -0.2) is 14.7 Å². The van der Waals surface area contributed by atoms with Crippen molar-refractivity contribution in [2.24, 2.45) is 0 Å². The van der Waals surface area contributed by atoms with Gasteiger partial charge in [-0.15, -0.1) is 0 Å². The summed E-state index contributed by atoms with van der Waals surface area (Å²) in [5, 5.41) is 0. The van der Waals surface area contributed by atoms with Crippen LogP contribution in [0.1, 0.15) is 10.4 Å². The molecule has 0 aliphatic carbocycles. The van der Waals surface area contributed by atoms with E-state index in [2.05, 4.69) is 0 Å². The summed E-state index contributed by atoms with van der Waals surface area (Å²) in [6.45, 7) is 0. The maximum atomic E-state index is 13.4. The Hall–Kier alpha value is -2.21. The number of benzene rings is 2. The molecule has 4 nitrogen and oxygen atoms in total. The predicted octanol–water partition coefficient (Wildman–Crippen LogP) is 2.41. The van der Waals surface area contributed by atoms with Crippen molar-refractivity contribution in [3.63, 3.8) is 0 Å². The SMILES string of the molecule is O=Cc1ccccc1OS(=O)(=O)c1ccccc1F. The molecule has 0 atom stereocenters. The van der Waals surface area contributed by atoms with Crippen LogP contribution < -0.4 is 4.18 Å². The first kappa shape index (κ1) is 13.2. The van der Waals surface area contributed by atoms with Crippen molar-refractivity contribution in [3.8, 4) is 5.75 Å². The first-order valence-electron chi connectivity index (χ1n) is 5.28. The Morgan fingerprint density at radius 1 is 1.00 bits per heavy atom. The normalized spacial score (nSPS) is 11.0. The highest BCUT2D eigenvalue weighted by Crippen LogP contribution is 2.23. The lowest BCUT2D eigenvalue weighted by atomic mass is 10.2. The number of halogens is 1. The molecule has 0 saturated carbocycles. The lowest BCUT2D eigenvalue weighted by molar-refractivity contribution is 0.112. The van der Waals surface area contributed by atoms with Gasteiger partial charge < -0.3 is 4.18 Å². The summed E-state index contributed by atoms with van der Waals surface area (Å²) in [4.78, 5) is 10.2. The van der Waals surface area contributed by atoms with Crippen molar-refractivity contribution >= 4 is 16.4 Å². The van der Waals surface area contributed by atoms with Crippen LogP contribution in [0, 0.1) is 5.82 Å². The maximum absolute atomic E-state index is 13.4. The fourth-order valence-electron chi connectivity index (χ4n) is 1.46. The van der Waals surface area contributed by atoms with Crippen LogP contribution in [0.5, 0.6) is 5.75 Å². The van der Waals surface area contributed by atoms with Crippen LogP contribution in [0.25, 0.3) is 0 Å². The molecule has 6 heteroatoms. The molecule has 0 radical (unpaired) electrons. The minimum absolute atomic E-state index is 0.0717. The van der Waals surface area contributed by atoms with E-state index in [9.17, 15) is 17.6 Å². The molecule has 0 amide bonds. The highest BCUT2D eigenvalue weighted by atomic mass is 32.2. The lowest BCUT2D eigenvalue weighted by Gasteiger charge is -2.08. The molecule has 19 heavy (non-hydrogen) atoms. The van der Waals surface area contributed by atoms with E-state index in [1.165, 1.54) is 30.3 Å². The van der Waals surface area contributed by atoms with Gasteiger partial charge in [0, 0.05) is 0 Å². The van der Waals surface area contributed by atoms with Crippen LogP contribution in [0.2, 0.25) is 0 Å². The van der Waals surface area contributed by atoms with E-state index in [1.807, 2.05) is 0 Å². The molecule has 0 N–H and O–H groups in total. The molecular formula is C13H9FO4S. The average molecular weight is 280 g/mol. The molecule has 0 saturated heterocycles. The molecule has 0 fully saturated rings. The molecule has 0 heterocycles. The summed E-state index contributed by atoms with van der Waals surface area (Å²) in [5.41, 5.74) is 0.0717. The zero-order valence-electron chi connectivity index (χ0n) is 9.62. The summed E-state index contributed by atoms with van der Waals surface area (Å²) in [5.74, 6) is -1.05. The van der Waals surface area contributed by atoms with E-state index in [0.29, 0.717) is 6.29 Å². The number of rotatable bonds is 4. The van der Waals surface area contributed by atoms with Gasteiger partial charge >= 0.3 is 10.1 Å². The second kappa shape index (κ2) is 5.19. The fraction of sp³-hybridized carbons (Fsp3) is 0. The zero-order chi connectivity index (χ0) is 13.9. The molecule has 0 spiro atoms. The number of hydrogen-bond donors (Lipinski definition) is 0. The third kappa shape index (κ3) is 2.79. The quantitative estimate of drug-likeness (QED) is 0.637. The number of hydrogen-bond acceptors (Lipinski definition) is 4. The van der Waals surface area contributed by atoms with Crippen LogP contribution in [0.15, 0.2) is 53.4 Å². The van der Waals surface area contributed by atoms with Gasteiger partial charge in [-0.3, -0.25) is 4.79 Å². The van der Waals surface area contributed by atoms with Crippen molar-refractivity contribution in [3.05, 3.63) is 59.9 Å². The Labute approximate surface area is 109 Å². The van der Waals surface area contributed by atoms with E-state index >= 15 is 0 Å². The second-order valence-corrected chi connectivity index (χ2v) is 5.14. The standard InChI is InChI=1S/C13H9FO4S/c14-11-6-2-4-8-13(11)19(16,17)18-12-7-3-1-5-10(12)9-15/h1-9H. The van der Waals surface area contributed by atoms with Crippen molar-refractivity contribution < 1.29 is 21.8 Å². The van der Waals surface area contributed by atoms with Gasteiger partial charge in [0.05, 0.1) is 5.56 Å². The Morgan fingerprint density at radius 2 is 1.63 bits per heavy atom. The summed E-state index contributed by atoms with van der Waals surface area (Å²) in [7, 11) is -4.31. The van der Waals surface area contributed by atoms with Gasteiger partial charge in [0.15, 0.2) is 12.0 Å². The monoisotopic (exact) mass is 280 g/mol. The smallest absolute Gasteiger partial charge is 0.342 e. The van der Waals surface area contributed by atoms with Crippen molar-refractivity contribution in [2.45, 2.75) is 4.90 Å². The molecule has 2 aromatic carbocycles. The molecule has 2 aromatic rings. The summed E-state index contributed by atoms with van der Waals surface area (Å²) in [6.07, 6.45) is 0.464. The Morgan fingerprint density at radius 3 is 2.32 bits per heavy atom. The molecular weight excluding hydrogens is 271 g/mol.